The average Bonchev–Trinajstić information content (AvgIpc) is 2.47. The van der Waals surface area contributed by atoms with Crippen LogP contribution in [0.4, 0.5) is 5.82 Å². The van der Waals surface area contributed by atoms with Crippen LogP contribution in [0, 0.1) is 17.2 Å². The first-order valence-corrected chi connectivity index (χ1v) is 6.42. The van der Waals surface area contributed by atoms with Gasteiger partial charge >= 0.3 is 5.97 Å². The van der Waals surface area contributed by atoms with Gasteiger partial charge in [-0.05, 0) is 18.9 Å². The highest BCUT2D eigenvalue weighted by Crippen LogP contribution is 2.30. The maximum Gasteiger partial charge on any atom is 0.308 e. The summed E-state index contributed by atoms with van der Waals surface area (Å²) in [6.45, 7) is 1.36. The predicted octanol–water partition coefficient (Wildman–Crippen LogP) is 2.00. The van der Waals surface area contributed by atoms with Gasteiger partial charge in [-0.15, -0.1) is 0 Å². The lowest BCUT2D eigenvalue weighted by molar-refractivity contribution is -0.146. The van der Waals surface area contributed by atoms with E-state index in [1.165, 1.54) is 7.11 Å². The van der Waals surface area contributed by atoms with Gasteiger partial charge in [-0.3, -0.25) is 4.79 Å². The van der Waals surface area contributed by atoms with Crippen molar-refractivity contribution in [3.8, 4) is 6.07 Å². The van der Waals surface area contributed by atoms with E-state index in [1.807, 2.05) is 11.0 Å². The number of anilines is 1. The van der Waals surface area contributed by atoms with E-state index in [2.05, 4.69) is 4.98 Å². The smallest absolute Gasteiger partial charge is 0.308 e. The zero-order valence-corrected chi connectivity index (χ0v) is 11.4. The minimum Gasteiger partial charge on any atom is -0.469 e. The summed E-state index contributed by atoms with van der Waals surface area (Å²) < 4.78 is 4.75. The lowest BCUT2D eigenvalue weighted by atomic mass is 9.97. The maximum atomic E-state index is 11.5. The van der Waals surface area contributed by atoms with Crippen molar-refractivity contribution in [1.82, 2.24) is 4.98 Å². The van der Waals surface area contributed by atoms with Gasteiger partial charge in [-0.25, -0.2) is 4.98 Å². The Labute approximate surface area is 116 Å². The largest absolute Gasteiger partial charge is 0.469 e. The van der Waals surface area contributed by atoms with Gasteiger partial charge in [-0.2, -0.15) is 5.26 Å². The fourth-order valence-corrected chi connectivity index (χ4v) is 2.51. The molecule has 1 aromatic rings. The maximum absolute atomic E-state index is 11.5. The van der Waals surface area contributed by atoms with E-state index in [0.29, 0.717) is 42.3 Å². The Morgan fingerprint density at radius 3 is 2.84 bits per heavy atom. The summed E-state index contributed by atoms with van der Waals surface area (Å²) in [5.74, 6) is 0.396. The molecule has 100 valence electrons. The molecule has 0 unspecified atom stereocenters. The molecule has 1 saturated heterocycles. The second kappa shape index (κ2) is 5.89. The van der Waals surface area contributed by atoms with Gasteiger partial charge in [-0.1, -0.05) is 11.6 Å². The second-order valence-electron chi connectivity index (χ2n) is 4.39. The van der Waals surface area contributed by atoms with E-state index in [4.69, 9.17) is 21.6 Å². The van der Waals surface area contributed by atoms with Gasteiger partial charge in [0.2, 0.25) is 0 Å². The van der Waals surface area contributed by atoms with Crippen molar-refractivity contribution < 1.29 is 9.53 Å². The quantitative estimate of drug-likeness (QED) is 0.775. The summed E-state index contributed by atoms with van der Waals surface area (Å²) in [4.78, 5) is 17.7. The van der Waals surface area contributed by atoms with Crippen LogP contribution in [0.15, 0.2) is 12.3 Å². The van der Waals surface area contributed by atoms with Gasteiger partial charge < -0.3 is 9.64 Å². The zero-order chi connectivity index (χ0) is 13.8. The topological polar surface area (TPSA) is 66.2 Å². The number of pyridine rings is 1. The molecule has 0 bridgehead atoms. The summed E-state index contributed by atoms with van der Waals surface area (Å²) in [6.07, 6.45) is 3.00. The standard InChI is InChI=1S/C13H14ClN3O2/c1-19-13(18)9-3-6-17(7-4-9)12-11(14)10(8-15)2-5-16-12/h2,5,9H,3-4,6-7H2,1H3. The monoisotopic (exact) mass is 279 g/mol. The van der Waals surface area contributed by atoms with Gasteiger partial charge in [0.1, 0.15) is 16.9 Å². The Hall–Kier alpha value is -1.80. The van der Waals surface area contributed by atoms with Gasteiger partial charge in [0.25, 0.3) is 0 Å². The Morgan fingerprint density at radius 1 is 1.58 bits per heavy atom. The summed E-state index contributed by atoms with van der Waals surface area (Å²) in [6, 6.07) is 3.63. The van der Waals surface area contributed by atoms with Gasteiger partial charge in [0, 0.05) is 19.3 Å². The summed E-state index contributed by atoms with van der Waals surface area (Å²) >= 11 is 6.15. The number of carbonyl (C=O) groups is 1. The first kappa shape index (κ1) is 13.6. The molecule has 0 atom stereocenters. The third-order valence-corrected chi connectivity index (χ3v) is 3.69. The summed E-state index contributed by atoms with van der Waals surface area (Å²) in [7, 11) is 1.41. The molecule has 2 heterocycles. The fraction of sp³-hybridized carbons (Fsp3) is 0.462. The number of nitriles is 1. The van der Waals surface area contributed by atoms with Crippen molar-refractivity contribution in [3.05, 3.63) is 22.8 Å². The molecule has 6 heteroatoms. The van der Waals surface area contributed by atoms with Crippen LogP contribution in [0.25, 0.3) is 0 Å². The first-order valence-electron chi connectivity index (χ1n) is 6.04. The number of hydrogen-bond acceptors (Lipinski definition) is 5. The van der Waals surface area contributed by atoms with Crippen LogP contribution in [0.1, 0.15) is 18.4 Å². The van der Waals surface area contributed by atoms with E-state index < -0.39 is 0 Å². The van der Waals surface area contributed by atoms with Gasteiger partial charge in [0.05, 0.1) is 18.6 Å². The third-order valence-electron chi connectivity index (χ3n) is 3.32. The molecule has 0 amide bonds. The lowest BCUT2D eigenvalue weighted by Gasteiger charge is -2.32. The fourth-order valence-electron chi connectivity index (χ4n) is 2.23. The summed E-state index contributed by atoms with van der Waals surface area (Å²) in [5, 5.41) is 9.32. The number of nitrogens with zero attached hydrogens (tertiary/aromatic N) is 3. The second-order valence-corrected chi connectivity index (χ2v) is 4.77. The highest BCUT2D eigenvalue weighted by Gasteiger charge is 2.27. The lowest BCUT2D eigenvalue weighted by Crippen LogP contribution is -2.37. The molecule has 1 aliphatic rings. The van der Waals surface area contributed by atoms with Gasteiger partial charge in [0.15, 0.2) is 0 Å². The van der Waals surface area contributed by atoms with E-state index in [0.717, 1.165) is 0 Å². The molecular formula is C13H14ClN3O2. The molecule has 0 radical (unpaired) electrons. The zero-order valence-electron chi connectivity index (χ0n) is 10.6. The van der Waals surface area contributed by atoms with Crippen molar-refractivity contribution in [1.29, 1.82) is 5.26 Å². The van der Waals surface area contributed by atoms with E-state index >= 15 is 0 Å². The Balaban J connectivity index is 2.10. The average molecular weight is 280 g/mol. The minimum atomic E-state index is -0.163. The number of esters is 1. The minimum absolute atomic E-state index is 0.0563. The van der Waals surface area contributed by atoms with Crippen molar-refractivity contribution >= 4 is 23.4 Å². The molecule has 0 aliphatic carbocycles. The molecule has 0 N–H and O–H groups in total. The van der Waals surface area contributed by atoms with Crippen LogP contribution in [-0.4, -0.2) is 31.2 Å². The molecule has 1 aliphatic heterocycles. The number of hydrogen-bond donors (Lipinski definition) is 0. The molecule has 0 spiro atoms. The predicted molar refractivity (Wildman–Crippen MR) is 70.9 cm³/mol. The number of piperidine rings is 1. The van der Waals surface area contributed by atoms with Crippen molar-refractivity contribution in [2.75, 3.05) is 25.1 Å². The van der Waals surface area contributed by atoms with E-state index in [-0.39, 0.29) is 11.9 Å². The third kappa shape index (κ3) is 2.79. The van der Waals surface area contributed by atoms with Crippen LogP contribution in [0.5, 0.6) is 0 Å². The first-order chi connectivity index (χ1) is 9.17. The van der Waals surface area contributed by atoms with Crippen LogP contribution in [-0.2, 0) is 9.53 Å². The van der Waals surface area contributed by atoms with Crippen molar-refractivity contribution in [2.24, 2.45) is 5.92 Å². The Bertz CT molecular complexity index is 519. The molecule has 5 nitrogen and oxygen atoms in total. The molecule has 0 aromatic carbocycles. The molecule has 2 rings (SSSR count). The number of ether oxygens (including phenoxy) is 1. The molecule has 1 fully saturated rings. The Kier molecular flexibility index (Phi) is 4.23. The molecular weight excluding hydrogens is 266 g/mol. The van der Waals surface area contributed by atoms with Crippen LogP contribution >= 0.6 is 11.6 Å². The number of carbonyl (C=O) groups excluding carboxylic acids is 1. The summed E-state index contributed by atoms with van der Waals surface area (Å²) in [5.41, 5.74) is 0.418. The normalized spacial score (nSPS) is 15.9. The van der Waals surface area contributed by atoms with Crippen molar-refractivity contribution in [3.63, 3.8) is 0 Å². The number of aromatic nitrogens is 1. The molecule has 1 aromatic heterocycles. The highest BCUT2D eigenvalue weighted by molar-refractivity contribution is 6.34. The number of halogens is 1. The van der Waals surface area contributed by atoms with E-state index in [1.54, 1.807) is 12.3 Å². The number of rotatable bonds is 2. The molecule has 0 saturated carbocycles. The Morgan fingerprint density at radius 2 is 2.26 bits per heavy atom. The van der Waals surface area contributed by atoms with E-state index in [9.17, 15) is 4.79 Å². The van der Waals surface area contributed by atoms with Crippen LogP contribution in [0.3, 0.4) is 0 Å². The number of methoxy groups -OCH3 is 1. The molecule has 19 heavy (non-hydrogen) atoms. The van der Waals surface area contributed by atoms with Crippen LogP contribution < -0.4 is 4.90 Å². The van der Waals surface area contributed by atoms with Crippen molar-refractivity contribution in [2.45, 2.75) is 12.8 Å². The van der Waals surface area contributed by atoms with Crippen LogP contribution in [0.2, 0.25) is 5.02 Å². The SMILES string of the molecule is COC(=O)C1CCN(c2nccc(C#N)c2Cl)CC1. The highest BCUT2D eigenvalue weighted by atomic mass is 35.5.